The maximum atomic E-state index is 12.2. The zero-order chi connectivity index (χ0) is 12.5. The number of nitrogens with one attached hydrogen (secondary N) is 1. The average molecular weight is 233 g/mol. The van der Waals surface area contributed by atoms with Crippen molar-refractivity contribution in [2.24, 2.45) is 11.1 Å². The highest BCUT2D eigenvalue weighted by Gasteiger charge is 2.43. The molecule has 1 heterocycles. The minimum absolute atomic E-state index is 0.0133. The largest absolute Gasteiger partial charge is 0.327 e. The van der Waals surface area contributed by atoms with Gasteiger partial charge in [-0.05, 0) is 38.8 Å². The molecule has 1 aromatic rings. The summed E-state index contributed by atoms with van der Waals surface area (Å²) >= 11 is 0. The van der Waals surface area contributed by atoms with Crippen molar-refractivity contribution in [3.05, 3.63) is 23.9 Å². The first kappa shape index (κ1) is 12.0. The van der Waals surface area contributed by atoms with E-state index < -0.39 is 5.41 Å². The van der Waals surface area contributed by atoms with Gasteiger partial charge in [-0.25, -0.2) is 4.98 Å². The minimum atomic E-state index is -0.453. The molecule has 3 N–H and O–H groups in total. The number of rotatable bonds is 2. The summed E-state index contributed by atoms with van der Waals surface area (Å²) in [7, 11) is 0. The number of amides is 1. The number of anilines is 1. The molecule has 92 valence electrons. The molecule has 1 aromatic heterocycles. The average Bonchev–Trinajstić information content (AvgIpc) is 2.60. The van der Waals surface area contributed by atoms with Crippen molar-refractivity contribution in [1.29, 1.82) is 0 Å². The molecule has 0 aliphatic heterocycles. The lowest BCUT2D eigenvalue weighted by atomic mass is 9.84. The predicted octanol–water partition coefficient (Wildman–Crippen LogP) is 1.85. The zero-order valence-corrected chi connectivity index (χ0v) is 10.4. The summed E-state index contributed by atoms with van der Waals surface area (Å²) in [6.45, 7) is 3.84. The molecule has 0 saturated heterocycles. The monoisotopic (exact) mass is 233 g/mol. The number of carbonyl (C=O) groups excluding carboxylic acids is 1. The molecule has 0 aromatic carbocycles. The Labute approximate surface area is 102 Å². The minimum Gasteiger partial charge on any atom is -0.327 e. The Hall–Kier alpha value is -1.42. The van der Waals surface area contributed by atoms with Crippen LogP contribution in [0.25, 0.3) is 0 Å². The second-order valence-corrected chi connectivity index (χ2v) is 5.03. The van der Waals surface area contributed by atoms with Gasteiger partial charge in [-0.15, -0.1) is 0 Å². The molecule has 2 unspecified atom stereocenters. The summed E-state index contributed by atoms with van der Waals surface area (Å²) in [6, 6.07) is 5.54. The second-order valence-electron chi connectivity index (χ2n) is 5.03. The number of hydrogen-bond acceptors (Lipinski definition) is 3. The fourth-order valence-corrected chi connectivity index (χ4v) is 2.35. The molecule has 0 spiro atoms. The molecule has 1 fully saturated rings. The van der Waals surface area contributed by atoms with E-state index in [1.54, 1.807) is 6.07 Å². The van der Waals surface area contributed by atoms with Crippen molar-refractivity contribution in [2.75, 3.05) is 5.32 Å². The lowest BCUT2D eigenvalue weighted by molar-refractivity contribution is -0.125. The Morgan fingerprint density at radius 1 is 1.59 bits per heavy atom. The van der Waals surface area contributed by atoms with Crippen LogP contribution in [0.1, 0.15) is 31.9 Å². The van der Waals surface area contributed by atoms with E-state index in [9.17, 15) is 4.79 Å². The van der Waals surface area contributed by atoms with E-state index in [2.05, 4.69) is 10.3 Å². The SMILES string of the molecule is Cc1cccc(NC(=O)C2(C)CCCC2N)n1. The first-order chi connectivity index (χ1) is 8.02. The van der Waals surface area contributed by atoms with Crippen LogP contribution in [0, 0.1) is 12.3 Å². The van der Waals surface area contributed by atoms with E-state index in [-0.39, 0.29) is 11.9 Å². The lowest BCUT2D eigenvalue weighted by Crippen LogP contribution is -2.44. The molecule has 0 radical (unpaired) electrons. The van der Waals surface area contributed by atoms with Gasteiger partial charge in [0.2, 0.25) is 5.91 Å². The zero-order valence-electron chi connectivity index (χ0n) is 10.4. The topological polar surface area (TPSA) is 68.0 Å². The highest BCUT2D eigenvalue weighted by molar-refractivity contribution is 5.95. The highest BCUT2D eigenvalue weighted by Crippen LogP contribution is 2.37. The third kappa shape index (κ3) is 2.31. The van der Waals surface area contributed by atoms with Gasteiger partial charge in [0.25, 0.3) is 0 Å². The van der Waals surface area contributed by atoms with E-state index in [0.717, 1.165) is 25.0 Å². The van der Waals surface area contributed by atoms with Crippen LogP contribution in [0.3, 0.4) is 0 Å². The van der Waals surface area contributed by atoms with E-state index in [0.29, 0.717) is 5.82 Å². The normalized spacial score (nSPS) is 28.1. The molecular formula is C13H19N3O. The molecule has 1 aliphatic carbocycles. The summed E-state index contributed by atoms with van der Waals surface area (Å²) in [5.41, 5.74) is 6.46. The fraction of sp³-hybridized carbons (Fsp3) is 0.538. The number of hydrogen-bond donors (Lipinski definition) is 2. The van der Waals surface area contributed by atoms with Crippen molar-refractivity contribution < 1.29 is 4.79 Å². The number of pyridine rings is 1. The number of aromatic nitrogens is 1. The van der Waals surface area contributed by atoms with E-state index in [1.807, 2.05) is 26.0 Å². The Kier molecular flexibility index (Phi) is 3.15. The number of carbonyl (C=O) groups is 1. The quantitative estimate of drug-likeness (QED) is 0.819. The van der Waals surface area contributed by atoms with Gasteiger partial charge >= 0.3 is 0 Å². The maximum Gasteiger partial charge on any atom is 0.233 e. The van der Waals surface area contributed by atoms with Crippen molar-refractivity contribution in [1.82, 2.24) is 4.98 Å². The fourth-order valence-electron chi connectivity index (χ4n) is 2.35. The smallest absolute Gasteiger partial charge is 0.233 e. The summed E-state index contributed by atoms with van der Waals surface area (Å²) in [4.78, 5) is 16.5. The van der Waals surface area contributed by atoms with Crippen LogP contribution in [-0.4, -0.2) is 16.9 Å². The standard InChI is InChI=1S/C13H19N3O/c1-9-5-3-7-11(15-9)16-12(17)13(2)8-4-6-10(13)14/h3,5,7,10H,4,6,8,14H2,1-2H3,(H,15,16,17). The van der Waals surface area contributed by atoms with Gasteiger partial charge in [0.05, 0.1) is 5.41 Å². The van der Waals surface area contributed by atoms with Crippen LogP contribution in [0.15, 0.2) is 18.2 Å². The van der Waals surface area contributed by atoms with Crippen LogP contribution in [0.4, 0.5) is 5.82 Å². The Balaban J connectivity index is 2.12. The van der Waals surface area contributed by atoms with Gasteiger partial charge in [0.15, 0.2) is 0 Å². The van der Waals surface area contributed by atoms with Crippen LogP contribution in [-0.2, 0) is 4.79 Å². The van der Waals surface area contributed by atoms with Gasteiger partial charge in [0.1, 0.15) is 5.82 Å². The molecule has 1 saturated carbocycles. The van der Waals surface area contributed by atoms with Gasteiger partial charge < -0.3 is 11.1 Å². The van der Waals surface area contributed by atoms with E-state index in [4.69, 9.17) is 5.73 Å². The Bertz CT molecular complexity index is 432. The molecule has 4 nitrogen and oxygen atoms in total. The van der Waals surface area contributed by atoms with Crippen molar-refractivity contribution in [3.8, 4) is 0 Å². The summed E-state index contributed by atoms with van der Waals surface area (Å²) in [5, 5.41) is 2.87. The Morgan fingerprint density at radius 2 is 2.35 bits per heavy atom. The maximum absolute atomic E-state index is 12.2. The number of nitrogens with two attached hydrogens (primary N) is 1. The van der Waals surface area contributed by atoms with Crippen LogP contribution in [0.5, 0.6) is 0 Å². The molecule has 2 rings (SSSR count). The number of nitrogens with zero attached hydrogens (tertiary/aromatic N) is 1. The molecule has 0 bridgehead atoms. The number of aryl methyl sites for hydroxylation is 1. The molecule has 2 atom stereocenters. The first-order valence-electron chi connectivity index (χ1n) is 6.03. The third-order valence-electron chi connectivity index (χ3n) is 3.68. The van der Waals surface area contributed by atoms with Crippen LogP contribution >= 0.6 is 0 Å². The molecule has 4 heteroatoms. The van der Waals surface area contributed by atoms with Gasteiger partial charge in [0, 0.05) is 11.7 Å². The van der Waals surface area contributed by atoms with Crippen molar-refractivity contribution in [2.45, 2.75) is 39.2 Å². The van der Waals surface area contributed by atoms with E-state index in [1.165, 1.54) is 0 Å². The van der Waals surface area contributed by atoms with Gasteiger partial charge in [-0.2, -0.15) is 0 Å². The summed E-state index contributed by atoms with van der Waals surface area (Å²) < 4.78 is 0. The molecule has 17 heavy (non-hydrogen) atoms. The molecular weight excluding hydrogens is 214 g/mol. The molecule has 1 aliphatic rings. The second kappa shape index (κ2) is 4.45. The predicted molar refractivity (Wildman–Crippen MR) is 67.5 cm³/mol. The van der Waals surface area contributed by atoms with Gasteiger partial charge in [-0.1, -0.05) is 12.5 Å². The van der Waals surface area contributed by atoms with Crippen LogP contribution in [0.2, 0.25) is 0 Å². The highest BCUT2D eigenvalue weighted by atomic mass is 16.2. The van der Waals surface area contributed by atoms with E-state index >= 15 is 0 Å². The lowest BCUT2D eigenvalue weighted by Gasteiger charge is -2.27. The summed E-state index contributed by atoms with van der Waals surface area (Å²) in [5.74, 6) is 0.593. The third-order valence-corrected chi connectivity index (χ3v) is 3.68. The van der Waals surface area contributed by atoms with Crippen LogP contribution < -0.4 is 11.1 Å². The van der Waals surface area contributed by atoms with Crippen molar-refractivity contribution >= 4 is 11.7 Å². The molecule has 1 amide bonds. The van der Waals surface area contributed by atoms with Gasteiger partial charge in [-0.3, -0.25) is 4.79 Å². The summed E-state index contributed by atoms with van der Waals surface area (Å²) in [6.07, 6.45) is 2.79. The first-order valence-corrected chi connectivity index (χ1v) is 6.03. The van der Waals surface area contributed by atoms with Crippen molar-refractivity contribution in [3.63, 3.8) is 0 Å². The Morgan fingerprint density at radius 3 is 2.94 bits per heavy atom.